The molecule has 3 aliphatic carbocycles. The van der Waals surface area contributed by atoms with Crippen LogP contribution in [-0.4, -0.2) is 12.7 Å². The zero-order valence-corrected chi connectivity index (χ0v) is 6.97. The molecule has 1 spiro atoms. The lowest BCUT2D eigenvalue weighted by atomic mass is 9.55. The lowest BCUT2D eigenvalue weighted by Gasteiger charge is -2.50. The van der Waals surface area contributed by atoms with Gasteiger partial charge < -0.3 is 4.74 Å². The van der Waals surface area contributed by atoms with E-state index in [-0.39, 0.29) is 0 Å². The molecule has 5 atom stereocenters. The van der Waals surface area contributed by atoms with Crippen molar-refractivity contribution in [3.63, 3.8) is 0 Å². The van der Waals surface area contributed by atoms with Gasteiger partial charge in [0.15, 0.2) is 0 Å². The zero-order valence-electron chi connectivity index (χ0n) is 6.97. The third kappa shape index (κ3) is 0.327. The molecule has 0 bridgehead atoms. The Kier molecular flexibility index (Phi) is 0.602. The van der Waals surface area contributed by atoms with E-state index in [1.165, 1.54) is 12.8 Å². The molecule has 1 saturated heterocycles. The van der Waals surface area contributed by atoms with Gasteiger partial charge in [0.05, 0.1) is 12.7 Å². The van der Waals surface area contributed by atoms with E-state index in [4.69, 9.17) is 4.74 Å². The molecule has 1 heteroatoms. The number of hydrogen-bond acceptors (Lipinski definition) is 1. The van der Waals surface area contributed by atoms with Crippen molar-refractivity contribution in [2.24, 2.45) is 22.7 Å². The fraction of sp³-hybridized carbons (Fsp3) is 1.00. The first-order valence-corrected chi connectivity index (χ1v) is 4.89. The standard InChI is InChI=1S/C10H14O/c1-9-7-2-6-3-10(6,9)4-8(9)11-5-7/h6-8H,2-5H2,1H3. The molecule has 0 aromatic heterocycles. The van der Waals surface area contributed by atoms with E-state index in [2.05, 4.69) is 6.92 Å². The monoisotopic (exact) mass is 150 g/mol. The maximum Gasteiger partial charge on any atom is 0.0643 e. The van der Waals surface area contributed by atoms with Crippen molar-refractivity contribution in [3.8, 4) is 0 Å². The summed E-state index contributed by atoms with van der Waals surface area (Å²) in [6.45, 7) is 3.57. The average Bonchev–Trinajstić information content (AvgIpc) is 2.52. The molecule has 0 N–H and O–H groups in total. The lowest BCUT2D eigenvalue weighted by molar-refractivity contribution is -0.0937. The van der Waals surface area contributed by atoms with Crippen molar-refractivity contribution in [2.75, 3.05) is 6.61 Å². The highest BCUT2D eigenvalue weighted by molar-refractivity contribution is 5.30. The molecule has 0 aromatic rings. The van der Waals surface area contributed by atoms with Crippen LogP contribution in [0.3, 0.4) is 0 Å². The highest BCUT2D eigenvalue weighted by Crippen LogP contribution is 2.85. The van der Waals surface area contributed by atoms with Crippen LogP contribution < -0.4 is 0 Å². The van der Waals surface area contributed by atoms with E-state index in [1.54, 1.807) is 6.42 Å². The van der Waals surface area contributed by atoms with Crippen LogP contribution in [0.1, 0.15) is 26.2 Å². The van der Waals surface area contributed by atoms with Crippen LogP contribution in [0.25, 0.3) is 0 Å². The first-order chi connectivity index (χ1) is 5.27. The van der Waals surface area contributed by atoms with Crippen molar-refractivity contribution in [3.05, 3.63) is 0 Å². The Morgan fingerprint density at radius 2 is 2.18 bits per heavy atom. The maximum absolute atomic E-state index is 5.78. The van der Waals surface area contributed by atoms with E-state index in [1.807, 2.05) is 0 Å². The molecule has 4 aliphatic rings. The maximum atomic E-state index is 5.78. The highest BCUT2D eigenvalue weighted by Gasteiger charge is 2.82. The van der Waals surface area contributed by atoms with Crippen LogP contribution in [0, 0.1) is 22.7 Å². The quantitative estimate of drug-likeness (QED) is 0.512. The average molecular weight is 150 g/mol. The van der Waals surface area contributed by atoms with Gasteiger partial charge >= 0.3 is 0 Å². The van der Waals surface area contributed by atoms with Gasteiger partial charge in [-0.2, -0.15) is 0 Å². The Morgan fingerprint density at radius 3 is 3.00 bits per heavy atom. The summed E-state index contributed by atoms with van der Waals surface area (Å²) in [5.74, 6) is 2.07. The third-order valence-corrected chi connectivity index (χ3v) is 5.44. The molecule has 1 nitrogen and oxygen atoms in total. The Labute approximate surface area is 67.1 Å². The Balaban J connectivity index is 1.92. The predicted octanol–water partition coefficient (Wildman–Crippen LogP) is 1.82. The molecule has 0 radical (unpaired) electrons. The van der Waals surface area contributed by atoms with Crippen LogP contribution >= 0.6 is 0 Å². The summed E-state index contributed by atoms with van der Waals surface area (Å²) >= 11 is 0. The molecule has 1 heterocycles. The van der Waals surface area contributed by atoms with E-state index >= 15 is 0 Å². The number of hydrogen-bond donors (Lipinski definition) is 0. The van der Waals surface area contributed by atoms with Gasteiger partial charge in [-0.15, -0.1) is 0 Å². The molecule has 11 heavy (non-hydrogen) atoms. The van der Waals surface area contributed by atoms with E-state index in [0.717, 1.165) is 23.9 Å². The van der Waals surface area contributed by atoms with Gasteiger partial charge in [-0.3, -0.25) is 0 Å². The van der Waals surface area contributed by atoms with Gasteiger partial charge in [-0.25, -0.2) is 0 Å². The van der Waals surface area contributed by atoms with Crippen molar-refractivity contribution < 1.29 is 4.74 Å². The van der Waals surface area contributed by atoms with Crippen LogP contribution in [0.2, 0.25) is 0 Å². The molecular weight excluding hydrogens is 136 g/mol. The minimum Gasteiger partial charge on any atom is -0.377 e. The molecule has 1 aliphatic heterocycles. The molecule has 4 fully saturated rings. The number of ether oxygens (including phenoxy) is 1. The largest absolute Gasteiger partial charge is 0.377 e. The fourth-order valence-electron chi connectivity index (χ4n) is 4.51. The summed E-state index contributed by atoms with van der Waals surface area (Å²) in [4.78, 5) is 0. The topological polar surface area (TPSA) is 9.23 Å². The van der Waals surface area contributed by atoms with Crippen molar-refractivity contribution in [2.45, 2.75) is 32.3 Å². The fourth-order valence-corrected chi connectivity index (χ4v) is 4.51. The predicted molar refractivity (Wildman–Crippen MR) is 41.1 cm³/mol. The summed E-state index contributed by atoms with van der Waals surface area (Å²) in [5, 5.41) is 0. The first kappa shape index (κ1) is 5.58. The normalized spacial score (nSPS) is 75.5. The minimum atomic E-state index is 0.650. The molecular formula is C10H14O. The Morgan fingerprint density at radius 1 is 1.27 bits per heavy atom. The second kappa shape index (κ2) is 1.19. The van der Waals surface area contributed by atoms with Crippen molar-refractivity contribution >= 4 is 0 Å². The van der Waals surface area contributed by atoms with Crippen molar-refractivity contribution in [1.82, 2.24) is 0 Å². The van der Waals surface area contributed by atoms with Gasteiger partial charge in [0.1, 0.15) is 0 Å². The van der Waals surface area contributed by atoms with Crippen LogP contribution in [0.15, 0.2) is 0 Å². The summed E-state index contributed by atoms with van der Waals surface area (Å²) in [7, 11) is 0. The molecule has 0 amide bonds. The summed E-state index contributed by atoms with van der Waals surface area (Å²) in [6.07, 6.45) is 5.11. The minimum absolute atomic E-state index is 0.650. The van der Waals surface area contributed by atoms with Crippen LogP contribution in [0.4, 0.5) is 0 Å². The van der Waals surface area contributed by atoms with Crippen LogP contribution in [-0.2, 0) is 4.74 Å². The highest BCUT2D eigenvalue weighted by atomic mass is 16.5. The molecule has 60 valence electrons. The third-order valence-electron chi connectivity index (χ3n) is 5.44. The Hall–Kier alpha value is -0.0400. The Bertz CT molecular complexity index is 249. The van der Waals surface area contributed by atoms with Crippen LogP contribution in [0.5, 0.6) is 0 Å². The smallest absolute Gasteiger partial charge is 0.0643 e. The van der Waals surface area contributed by atoms with Gasteiger partial charge in [-0.05, 0) is 36.5 Å². The van der Waals surface area contributed by atoms with E-state index in [0.29, 0.717) is 11.5 Å². The second-order valence-corrected chi connectivity index (χ2v) is 5.30. The molecule has 4 rings (SSSR count). The van der Waals surface area contributed by atoms with Gasteiger partial charge in [0.2, 0.25) is 0 Å². The summed E-state index contributed by atoms with van der Waals surface area (Å²) < 4.78 is 5.78. The number of rotatable bonds is 0. The summed E-state index contributed by atoms with van der Waals surface area (Å²) in [6, 6.07) is 0. The van der Waals surface area contributed by atoms with E-state index in [9.17, 15) is 0 Å². The van der Waals surface area contributed by atoms with Crippen molar-refractivity contribution in [1.29, 1.82) is 0 Å². The lowest BCUT2D eigenvalue weighted by Crippen LogP contribution is -2.51. The first-order valence-electron chi connectivity index (χ1n) is 4.89. The molecule has 5 unspecified atom stereocenters. The molecule has 0 aromatic carbocycles. The SMILES string of the molecule is CC12C3COC1CC21CC1C3. The molecule has 3 saturated carbocycles. The van der Waals surface area contributed by atoms with Gasteiger partial charge in [0.25, 0.3) is 0 Å². The van der Waals surface area contributed by atoms with E-state index < -0.39 is 0 Å². The van der Waals surface area contributed by atoms with Gasteiger partial charge in [-0.1, -0.05) is 6.92 Å². The second-order valence-electron chi connectivity index (χ2n) is 5.30. The van der Waals surface area contributed by atoms with Gasteiger partial charge in [0, 0.05) is 5.41 Å². The zero-order chi connectivity index (χ0) is 7.27. The summed E-state index contributed by atoms with van der Waals surface area (Å²) in [5.41, 5.74) is 1.47.